The molecule has 3 rings (SSSR count). The summed E-state index contributed by atoms with van der Waals surface area (Å²) in [6.45, 7) is 9.84. The largest absolute Gasteiger partial charge is 0.497 e. The Morgan fingerprint density at radius 2 is 2.00 bits per heavy atom. The van der Waals surface area contributed by atoms with Gasteiger partial charge in [0.25, 0.3) is 0 Å². The number of guanidine groups is 1. The van der Waals surface area contributed by atoms with Gasteiger partial charge in [-0.2, -0.15) is 0 Å². The maximum absolute atomic E-state index is 5.74. The minimum Gasteiger partial charge on any atom is -0.497 e. The number of benzene rings is 1. The van der Waals surface area contributed by atoms with E-state index in [1.807, 2.05) is 32.0 Å². The average molecular weight is 444 g/mol. The minimum atomic E-state index is 0.0146. The third-order valence-corrected chi connectivity index (χ3v) is 6.18. The highest BCUT2D eigenvalue weighted by Gasteiger charge is 2.22. The lowest BCUT2D eigenvalue weighted by atomic mass is 9.97. The molecule has 1 fully saturated rings. The summed E-state index contributed by atoms with van der Waals surface area (Å²) in [5, 5.41) is 6.97. The van der Waals surface area contributed by atoms with E-state index in [0.29, 0.717) is 5.92 Å². The van der Waals surface area contributed by atoms with E-state index in [-0.39, 0.29) is 6.04 Å². The lowest BCUT2D eigenvalue weighted by molar-refractivity contribution is 0.164. The maximum atomic E-state index is 5.74. The molecular weight excluding hydrogens is 406 g/mol. The van der Waals surface area contributed by atoms with E-state index in [9.17, 15) is 0 Å². The molecule has 8 heteroatoms. The number of nitrogens with zero attached hydrogens (tertiary/aromatic N) is 3. The van der Waals surface area contributed by atoms with Crippen molar-refractivity contribution in [3.63, 3.8) is 0 Å². The van der Waals surface area contributed by atoms with Gasteiger partial charge in [0, 0.05) is 19.2 Å². The zero-order valence-corrected chi connectivity index (χ0v) is 20.2. The van der Waals surface area contributed by atoms with E-state index in [1.165, 1.54) is 0 Å². The van der Waals surface area contributed by atoms with Crippen LogP contribution in [0.15, 0.2) is 27.6 Å². The molecule has 176 valence electrons. The zero-order chi connectivity index (χ0) is 23.1. The fourth-order valence-corrected chi connectivity index (χ4v) is 4.04. The van der Waals surface area contributed by atoms with E-state index in [2.05, 4.69) is 32.4 Å². The van der Waals surface area contributed by atoms with Crippen LogP contribution in [0.2, 0.25) is 0 Å². The predicted molar refractivity (Wildman–Crippen MR) is 126 cm³/mol. The van der Waals surface area contributed by atoms with Gasteiger partial charge in [-0.25, -0.2) is 4.98 Å². The molecule has 1 atom stereocenters. The van der Waals surface area contributed by atoms with Gasteiger partial charge in [0.15, 0.2) is 5.96 Å². The number of aliphatic imine (C=N–C) groups is 1. The average Bonchev–Trinajstić information content (AvgIpc) is 3.13. The molecule has 0 spiro atoms. The van der Waals surface area contributed by atoms with Gasteiger partial charge < -0.3 is 24.5 Å². The Kier molecular flexibility index (Phi) is 8.39. The molecule has 2 aromatic rings. The number of oxazole rings is 1. The van der Waals surface area contributed by atoms with Crippen molar-refractivity contribution in [3.05, 3.63) is 41.1 Å². The van der Waals surface area contributed by atoms with E-state index in [0.717, 1.165) is 79.4 Å². The highest BCUT2D eigenvalue weighted by molar-refractivity contribution is 5.80. The number of hydrogen-bond acceptors (Lipinski definition) is 6. The number of ether oxygens (including phenoxy) is 2. The molecule has 1 aromatic carbocycles. The van der Waals surface area contributed by atoms with E-state index in [1.54, 1.807) is 21.3 Å². The fraction of sp³-hybridized carbons (Fsp3) is 0.583. The molecule has 0 radical (unpaired) electrons. The summed E-state index contributed by atoms with van der Waals surface area (Å²) >= 11 is 0. The second kappa shape index (κ2) is 11.2. The van der Waals surface area contributed by atoms with Crippen LogP contribution in [-0.4, -0.2) is 56.7 Å². The SMILES string of the molecule is CN=C(NCC1CCN(Cc2nc(C)c(C)o2)CC1)NC(C)c1cc(OC)ccc1OC. The molecule has 8 nitrogen and oxygen atoms in total. The molecule has 32 heavy (non-hydrogen) atoms. The molecular formula is C24H37N5O3. The maximum Gasteiger partial charge on any atom is 0.208 e. The van der Waals surface area contributed by atoms with Crippen molar-refractivity contribution in [3.8, 4) is 11.5 Å². The molecule has 1 aliphatic heterocycles. The fourth-order valence-electron chi connectivity index (χ4n) is 4.04. The highest BCUT2D eigenvalue weighted by atomic mass is 16.5. The standard InChI is InChI=1S/C24H37N5O3/c1-16-18(3)32-23(27-16)15-29-11-9-19(10-12-29)14-26-24(25-4)28-17(2)21-13-20(30-5)7-8-22(21)31-6/h7-8,13,17,19H,9-12,14-15H2,1-6H3,(H2,25,26,28). The van der Waals surface area contributed by atoms with Crippen molar-refractivity contribution < 1.29 is 13.9 Å². The second-order valence-electron chi connectivity index (χ2n) is 8.40. The molecule has 1 saturated heterocycles. The van der Waals surface area contributed by atoms with Crippen LogP contribution in [-0.2, 0) is 6.54 Å². The van der Waals surface area contributed by atoms with Gasteiger partial charge in [0.1, 0.15) is 17.3 Å². The smallest absolute Gasteiger partial charge is 0.208 e. The van der Waals surface area contributed by atoms with Crippen molar-refractivity contribution in [2.24, 2.45) is 10.9 Å². The predicted octanol–water partition coefficient (Wildman–Crippen LogP) is 3.45. The van der Waals surface area contributed by atoms with E-state index >= 15 is 0 Å². The lowest BCUT2D eigenvalue weighted by Gasteiger charge is -2.31. The number of likely N-dealkylation sites (tertiary alicyclic amines) is 1. The summed E-state index contributed by atoms with van der Waals surface area (Å²) in [6.07, 6.45) is 2.28. The van der Waals surface area contributed by atoms with Gasteiger partial charge in [0.05, 0.1) is 32.5 Å². The molecule has 2 N–H and O–H groups in total. The normalized spacial score (nSPS) is 16.6. The monoisotopic (exact) mass is 443 g/mol. The first-order chi connectivity index (χ1) is 15.4. The number of aryl methyl sites for hydroxylation is 2. The Labute approximate surface area is 191 Å². The van der Waals surface area contributed by atoms with Crippen molar-refractivity contribution in [1.29, 1.82) is 0 Å². The molecule has 1 aromatic heterocycles. The van der Waals surface area contributed by atoms with Crippen molar-refractivity contribution in [1.82, 2.24) is 20.5 Å². The third-order valence-electron chi connectivity index (χ3n) is 6.18. The van der Waals surface area contributed by atoms with Gasteiger partial charge in [-0.05, 0) is 70.8 Å². The van der Waals surface area contributed by atoms with Crippen LogP contribution in [0.4, 0.5) is 0 Å². The van der Waals surface area contributed by atoms with Gasteiger partial charge >= 0.3 is 0 Å². The first-order valence-electron chi connectivity index (χ1n) is 11.3. The molecule has 2 heterocycles. The molecule has 0 aliphatic carbocycles. The van der Waals surface area contributed by atoms with Gasteiger partial charge in [-0.15, -0.1) is 0 Å². The summed E-state index contributed by atoms with van der Waals surface area (Å²) in [5.74, 6) is 4.77. The topological polar surface area (TPSA) is 84.2 Å². The number of rotatable bonds is 8. The summed E-state index contributed by atoms with van der Waals surface area (Å²) < 4.78 is 16.6. The van der Waals surface area contributed by atoms with Gasteiger partial charge in [0.2, 0.25) is 5.89 Å². The highest BCUT2D eigenvalue weighted by Crippen LogP contribution is 2.29. The molecule has 0 amide bonds. The van der Waals surface area contributed by atoms with Crippen molar-refractivity contribution >= 4 is 5.96 Å². The lowest BCUT2D eigenvalue weighted by Crippen LogP contribution is -2.43. The number of nitrogens with one attached hydrogen (secondary N) is 2. The first kappa shape index (κ1) is 23.9. The third kappa shape index (κ3) is 6.16. The van der Waals surface area contributed by atoms with E-state index < -0.39 is 0 Å². The van der Waals surface area contributed by atoms with Crippen LogP contribution in [0, 0.1) is 19.8 Å². The van der Waals surface area contributed by atoms with Crippen LogP contribution in [0.5, 0.6) is 11.5 Å². The van der Waals surface area contributed by atoms with Gasteiger partial charge in [-0.3, -0.25) is 9.89 Å². The van der Waals surface area contributed by atoms with Crippen LogP contribution in [0.3, 0.4) is 0 Å². The summed E-state index contributed by atoms with van der Waals surface area (Å²) in [5.41, 5.74) is 2.01. The Hall–Kier alpha value is -2.74. The zero-order valence-electron chi connectivity index (χ0n) is 20.2. The number of hydrogen-bond donors (Lipinski definition) is 2. The Morgan fingerprint density at radius 1 is 1.25 bits per heavy atom. The Bertz CT molecular complexity index is 884. The number of piperidine rings is 1. The van der Waals surface area contributed by atoms with Crippen LogP contribution in [0.1, 0.15) is 48.7 Å². The summed E-state index contributed by atoms with van der Waals surface area (Å²) in [7, 11) is 5.15. The summed E-state index contributed by atoms with van der Waals surface area (Å²) in [4.78, 5) is 11.3. The van der Waals surface area contributed by atoms with E-state index in [4.69, 9.17) is 13.9 Å². The quantitative estimate of drug-likeness (QED) is 0.477. The molecule has 0 bridgehead atoms. The second-order valence-corrected chi connectivity index (χ2v) is 8.40. The van der Waals surface area contributed by atoms with Gasteiger partial charge in [-0.1, -0.05) is 0 Å². The van der Waals surface area contributed by atoms with Crippen molar-refractivity contribution in [2.45, 2.75) is 46.2 Å². The number of aromatic nitrogens is 1. The van der Waals surface area contributed by atoms with Crippen LogP contribution < -0.4 is 20.1 Å². The summed E-state index contributed by atoms with van der Waals surface area (Å²) in [6, 6.07) is 5.84. The Morgan fingerprint density at radius 3 is 2.59 bits per heavy atom. The minimum absolute atomic E-state index is 0.0146. The molecule has 1 aliphatic rings. The van der Waals surface area contributed by atoms with Crippen molar-refractivity contribution in [2.75, 3.05) is 40.9 Å². The van der Waals surface area contributed by atoms with Crippen LogP contribution in [0.25, 0.3) is 0 Å². The number of methoxy groups -OCH3 is 2. The van der Waals surface area contributed by atoms with Crippen LogP contribution >= 0.6 is 0 Å². The first-order valence-corrected chi connectivity index (χ1v) is 11.3. The Balaban J connectivity index is 1.47. The molecule has 1 unspecified atom stereocenters. The molecule has 0 saturated carbocycles.